The van der Waals surface area contributed by atoms with E-state index in [1.54, 1.807) is 0 Å². The number of aliphatic hydroxyl groups excluding tert-OH is 1. The first-order valence-corrected chi connectivity index (χ1v) is 5.40. The normalized spacial score (nSPS) is 16.9. The highest BCUT2D eigenvalue weighted by molar-refractivity contribution is 5.92. The number of benzene rings is 1. The summed E-state index contributed by atoms with van der Waals surface area (Å²) >= 11 is 0. The first-order valence-electron chi connectivity index (χ1n) is 5.40. The van der Waals surface area contributed by atoms with Gasteiger partial charge in [0.1, 0.15) is 0 Å². The molecule has 1 amide bonds. The molecule has 0 saturated carbocycles. The smallest absolute Gasteiger partial charge is 0.238 e. The standard InChI is InChI=1S/C12H16N2O2/c1-9-3-2-4-10(5-9)13-12(16)8-14-6-11(15)7-14/h2-5,11,15H,6-8H2,1H3,(H,13,16). The summed E-state index contributed by atoms with van der Waals surface area (Å²) < 4.78 is 0. The van der Waals surface area contributed by atoms with E-state index in [0.29, 0.717) is 19.6 Å². The van der Waals surface area contributed by atoms with Crippen LogP contribution in [0.15, 0.2) is 24.3 Å². The molecule has 0 atom stereocenters. The lowest BCUT2D eigenvalue weighted by molar-refractivity contribution is -0.119. The predicted octanol–water partition coefficient (Wildman–Crippen LogP) is 0.610. The number of likely N-dealkylation sites (tertiary alicyclic amines) is 1. The van der Waals surface area contributed by atoms with Crippen molar-refractivity contribution >= 4 is 11.6 Å². The molecule has 0 aromatic heterocycles. The Morgan fingerprint density at radius 1 is 1.56 bits per heavy atom. The van der Waals surface area contributed by atoms with Crippen molar-refractivity contribution in [3.05, 3.63) is 29.8 Å². The van der Waals surface area contributed by atoms with E-state index in [2.05, 4.69) is 5.32 Å². The molecule has 1 aliphatic heterocycles. The molecular weight excluding hydrogens is 204 g/mol. The van der Waals surface area contributed by atoms with Crippen LogP contribution in [0.5, 0.6) is 0 Å². The molecule has 0 aliphatic carbocycles. The second kappa shape index (κ2) is 4.63. The molecule has 1 fully saturated rings. The summed E-state index contributed by atoms with van der Waals surface area (Å²) in [6, 6.07) is 7.71. The summed E-state index contributed by atoms with van der Waals surface area (Å²) in [6.45, 7) is 3.54. The lowest BCUT2D eigenvalue weighted by Gasteiger charge is -2.34. The van der Waals surface area contributed by atoms with Crippen LogP contribution in [0.3, 0.4) is 0 Å². The molecule has 2 N–H and O–H groups in total. The van der Waals surface area contributed by atoms with Crippen LogP contribution in [0.25, 0.3) is 0 Å². The Morgan fingerprint density at radius 2 is 2.31 bits per heavy atom. The zero-order valence-corrected chi connectivity index (χ0v) is 9.31. The summed E-state index contributed by atoms with van der Waals surface area (Å²) in [5.74, 6) is -0.0301. The molecule has 1 aromatic carbocycles. The Kier molecular flexibility index (Phi) is 3.22. The average Bonchev–Trinajstić information content (AvgIpc) is 2.15. The summed E-state index contributed by atoms with van der Waals surface area (Å²) in [4.78, 5) is 13.5. The van der Waals surface area contributed by atoms with E-state index < -0.39 is 0 Å². The van der Waals surface area contributed by atoms with Crippen LogP contribution in [0, 0.1) is 6.92 Å². The lowest BCUT2D eigenvalue weighted by atomic mass is 10.2. The molecule has 1 saturated heterocycles. The average molecular weight is 220 g/mol. The number of amides is 1. The Morgan fingerprint density at radius 3 is 2.94 bits per heavy atom. The maximum atomic E-state index is 11.6. The zero-order chi connectivity index (χ0) is 11.5. The molecule has 16 heavy (non-hydrogen) atoms. The third kappa shape index (κ3) is 2.81. The minimum atomic E-state index is -0.258. The van der Waals surface area contributed by atoms with Gasteiger partial charge in [-0.05, 0) is 24.6 Å². The number of anilines is 1. The van der Waals surface area contributed by atoms with Crippen molar-refractivity contribution in [3.8, 4) is 0 Å². The molecule has 0 spiro atoms. The van der Waals surface area contributed by atoms with Gasteiger partial charge >= 0.3 is 0 Å². The molecule has 86 valence electrons. The molecule has 0 bridgehead atoms. The van der Waals surface area contributed by atoms with Gasteiger partial charge in [-0.25, -0.2) is 0 Å². The number of rotatable bonds is 3. The molecule has 1 aliphatic rings. The van der Waals surface area contributed by atoms with Crippen LogP contribution < -0.4 is 5.32 Å². The number of carbonyl (C=O) groups excluding carboxylic acids is 1. The first-order chi connectivity index (χ1) is 7.63. The van der Waals surface area contributed by atoms with E-state index in [1.807, 2.05) is 36.1 Å². The van der Waals surface area contributed by atoms with E-state index in [4.69, 9.17) is 5.11 Å². The van der Waals surface area contributed by atoms with Crippen molar-refractivity contribution in [1.82, 2.24) is 4.90 Å². The van der Waals surface area contributed by atoms with Gasteiger partial charge in [0.25, 0.3) is 0 Å². The van der Waals surface area contributed by atoms with Gasteiger partial charge in [-0.3, -0.25) is 9.69 Å². The number of aliphatic hydroxyl groups is 1. The summed E-state index contributed by atoms with van der Waals surface area (Å²) in [6.07, 6.45) is -0.258. The quantitative estimate of drug-likeness (QED) is 0.784. The number of hydrogen-bond acceptors (Lipinski definition) is 3. The van der Waals surface area contributed by atoms with Crippen LogP contribution in [0.1, 0.15) is 5.56 Å². The Hall–Kier alpha value is -1.39. The monoisotopic (exact) mass is 220 g/mol. The van der Waals surface area contributed by atoms with Crippen LogP contribution in [-0.2, 0) is 4.79 Å². The second-order valence-electron chi connectivity index (χ2n) is 4.27. The van der Waals surface area contributed by atoms with Gasteiger partial charge in [0, 0.05) is 18.8 Å². The van der Waals surface area contributed by atoms with Crippen LogP contribution in [0.2, 0.25) is 0 Å². The highest BCUT2D eigenvalue weighted by Crippen LogP contribution is 2.11. The number of nitrogens with one attached hydrogen (secondary N) is 1. The van der Waals surface area contributed by atoms with Gasteiger partial charge in [0.15, 0.2) is 0 Å². The van der Waals surface area contributed by atoms with Crippen LogP contribution >= 0.6 is 0 Å². The number of β-amino-alcohol motifs (C(OH)–C–C–N with tert-alkyl or cyclic N) is 1. The number of hydrogen-bond donors (Lipinski definition) is 2. The van der Waals surface area contributed by atoms with Gasteiger partial charge in [-0.15, -0.1) is 0 Å². The van der Waals surface area contributed by atoms with Gasteiger partial charge in [0.2, 0.25) is 5.91 Å². The van der Waals surface area contributed by atoms with E-state index >= 15 is 0 Å². The minimum Gasteiger partial charge on any atom is -0.390 e. The number of nitrogens with zero attached hydrogens (tertiary/aromatic N) is 1. The number of carbonyl (C=O) groups is 1. The second-order valence-corrected chi connectivity index (χ2v) is 4.27. The fourth-order valence-corrected chi connectivity index (χ4v) is 1.80. The van der Waals surface area contributed by atoms with E-state index in [-0.39, 0.29) is 12.0 Å². The molecule has 0 unspecified atom stereocenters. The van der Waals surface area contributed by atoms with Crippen LogP contribution in [-0.4, -0.2) is 41.7 Å². The maximum Gasteiger partial charge on any atom is 0.238 e. The topological polar surface area (TPSA) is 52.6 Å². The first kappa shape index (κ1) is 11.1. The van der Waals surface area contributed by atoms with Crippen molar-refractivity contribution < 1.29 is 9.90 Å². The summed E-state index contributed by atoms with van der Waals surface area (Å²) in [5, 5.41) is 11.9. The van der Waals surface area contributed by atoms with Crippen LogP contribution in [0.4, 0.5) is 5.69 Å². The van der Waals surface area contributed by atoms with Gasteiger partial charge in [-0.1, -0.05) is 12.1 Å². The fraction of sp³-hybridized carbons (Fsp3) is 0.417. The summed E-state index contributed by atoms with van der Waals surface area (Å²) in [7, 11) is 0. The molecule has 4 heteroatoms. The molecule has 1 aromatic rings. The van der Waals surface area contributed by atoms with Gasteiger partial charge in [0.05, 0.1) is 12.6 Å². The third-order valence-corrected chi connectivity index (χ3v) is 2.61. The fourth-order valence-electron chi connectivity index (χ4n) is 1.80. The highest BCUT2D eigenvalue weighted by atomic mass is 16.3. The predicted molar refractivity (Wildman–Crippen MR) is 62.3 cm³/mol. The van der Waals surface area contributed by atoms with E-state index in [1.165, 1.54) is 0 Å². The molecule has 0 radical (unpaired) electrons. The zero-order valence-electron chi connectivity index (χ0n) is 9.31. The van der Waals surface area contributed by atoms with Gasteiger partial charge in [-0.2, -0.15) is 0 Å². The van der Waals surface area contributed by atoms with Crippen molar-refractivity contribution in [1.29, 1.82) is 0 Å². The summed E-state index contributed by atoms with van der Waals surface area (Å²) in [5.41, 5.74) is 1.95. The van der Waals surface area contributed by atoms with E-state index in [9.17, 15) is 4.79 Å². The van der Waals surface area contributed by atoms with Crippen molar-refractivity contribution in [2.75, 3.05) is 25.0 Å². The SMILES string of the molecule is Cc1cccc(NC(=O)CN2CC(O)C2)c1. The van der Waals surface area contributed by atoms with E-state index in [0.717, 1.165) is 11.3 Å². The Bertz CT molecular complexity index is 386. The molecule has 2 rings (SSSR count). The van der Waals surface area contributed by atoms with Gasteiger partial charge < -0.3 is 10.4 Å². The number of aryl methyl sites for hydroxylation is 1. The highest BCUT2D eigenvalue weighted by Gasteiger charge is 2.25. The van der Waals surface area contributed by atoms with Crippen molar-refractivity contribution in [2.45, 2.75) is 13.0 Å². The largest absolute Gasteiger partial charge is 0.390 e. The van der Waals surface area contributed by atoms with Crippen molar-refractivity contribution in [3.63, 3.8) is 0 Å². The molecular formula is C12H16N2O2. The minimum absolute atomic E-state index is 0.0301. The maximum absolute atomic E-state index is 11.6. The lowest BCUT2D eigenvalue weighted by Crippen LogP contribution is -2.53. The third-order valence-electron chi connectivity index (χ3n) is 2.61. The Labute approximate surface area is 94.9 Å². The Balaban J connectivity index is 1.83. The molecule has 1 heterocycles. The van der Waals surface area contributed by atoms with Crippen molar-refractivity contribution in [2.24, 2.45) is 0 Å². The molecule has 4 nitrogen and oxygen atoms in total.